The molecule has 2 rings (SSSR count). The van der Waals surface area contributed by atoms with Crippen LogP contribution in [0.1, 0.15) is 29.7 Å². The summed E-state index contributed by atoms with van der Waals surface area (Å²) in [6.07, 6.45) is 3.73. The van der Waals surface area contributed by atoms with Crippen LogP contribution in [0.5, 0.6) is 0 Å². The zero-order valence-corrected chi connectivity index (χ0v) is 12.2. The van der Waals surface area contributed by atoms with E-state index in [0.717, 1.165) is 11.0 Å². The van der Waals surface area contributed by atoms with Crippen molar-refractivity contribution in [1.29, 1.82) is 0 Å². The molecule has 0 spiro atoms. The lowest BCUT2D eigenvalue weighted by Crippen LogP contribution is -2.22. The number of aryl methyl sites for hydroxylation is 1. The second kappa shape index (κ2) is 6.12. The summed E-state index contributed by atoms with van der Waals surface area (Å²) in [5.74, 6) is 0. The third-order valence-electron chi connectivity index (χ3n) is 2.97. The highest BCUT2D eigenvalue weighted by Crippen LogP contribution is 2.25. The van der Waals surface area contributed by atoms with E-state index in [0.29, 0.717) is 0 Å². The van der Waals surface area contributed by atoms with Crippen molar-refractivity contribution in [2.24, 2.45) is 0 Å². The number of rotatable bonds is 4. The maximum atomic E-state index is 4.26. The molecule has 1 aromatic heterocycles. The third-order valence-corrected chi connectivity index (χ3v) is 3.40. The summed E-state index contributed by atoms with van der Waals surface area (Å²) >= 11 is 3.48. The predicted molar refractivity (Wildman–Crippen MR) is 78.6 cm³/mol. The van der Waals surface area contributed by atoms with Crippen LogP contribution >= 0.6 is 15.9 Å². The fourth-order valence-electron chi connectivity index (χ4n) is 2.11. The van der Waals surface area contributed by atoms with Gasteiger partial charge in [-0.2, -0.15) is 0 Å². The van der Waals surface area contributed by atoms with Gasteiger partial charge in [-0.05, 0) is 52.2 Å². The second-order valence-corrected chi connectivity index (χ2v) is 5.20. The zero-order chi connectivity index (χ0) is 13.0. The Bertz CT molecular complexity index is 525. The minimum absolute atomic E-state index is 0.196. The van der Waals surface area contributed by atoms with Gasteiger partial charge in [-0.3, -0.25) is 4.98 Å². The smallest absolute Gasteiger partial charge is 0.0594 e. The highest BCUT2D eigenvalue weighted by atomic mass is 79.9. The van der Waals surface area contributed by atoms with Crippen molar-refractivity contribution in [2.45, 2.75) is 19.9 Å². The molecule has 1 heterocycles. The van der Waals surface area contributed by atoms with Crippen LogP contribution in [0.4, 0.5) is 0 Å². The molecule has 1 aromatic carbocycles. The molecule has 1 unspecified atom stereocenters. The average Bonchev–Trinajstić information content (AvgIpc) is 2.37. The van der Waals surface area contributed by atoms with Crippen LogP contribution in [-0.4, -0.2) is 11.5 Å². The summed E-state index contributed by atoms with van der Waals surface area (Å²) < 4.78 is 1.01. The first kappa shape index (κ1) is 13.2. The van der Waals surface area contributed by atoms with Gasteiger partial charge in [-0.25, -0.2) is 0 Å². The molecule has 2 nitrogen and oxygen atoms in total. The average molecular weight is 305 g/mol. The Morgan fingerprint density at radius 2 is 2.06 bits per heavy atom. The van der Waals surface area contributed by atoms with E-state index in [1.165, 1.54) is 16.7 Å². The molecule has 3 heteroatoms. The molecule has 0 saturated heterocycles. The van der Waals surface area contributed by atoms with Crippen molar-refractivity contribution in [3.05, 3.63) is 63.9 Å². The largest absolute Gasteiger partial charge is 0.306 e. The lowest BCUT2D eigenvalue weighted by molar-refractivity contribution is 0.625. The van der Waals surface area contributed by atoms with Gasteiger partial charge in [0, 0.05) is 16.9 Å². The van der Waals surface area contributed by atoms with Crippen molar-refractivity contribution in [3.8, 4) is 0 Å². The highest BCUT2D eigenvalue weighted by molar-refractivity contribution is 9.10. The van der Waals surface area contributed by atoms with E-state index in [2.05, 4.69) is 70.4 Å². The molecule has 18 heavy (non-hydrogen) atoms. The third kappa shape index (κ3) is 2.98. The fraction of sp³-hybridized carbons (Fsp3) is 0.267. The fourth-order valence-corrected chi connectivity index (χ4v) is 2.49. The molecule has 1 N–H and O–H groups in total. The second-order valence-electron chi connectivity index (χ2n) is 4.28. The van der Waals surface area contributed by atoms with Crippen LogP contribution in [0, 0.1) is 6.92 Å². The van der Waals surface area contributed by atoms with Crippen LogP contribution in [0.2, 0.25) is 0 Å². The van der Waals surface area contributed by atoms with Gasteiger partial charge in [0.1, 0.15) is 0 Å². The maximum Gasteiger partial charge on any atom is 0.0594 e. The zero-order valence-electron chi connectivity index (χ0n) is 10.7. The van der Waals surface area contributed by atoms with Crippen molar-refractivity contribution in [2.75, 3.05) is 6.54 Å². The summed E-state index contributed by atoms with van der Waals surface area (Å²) in [5.41, 5.74) is 3.78. The number of aromatic nitrogens is 1. The van der Waals surface area contributed by atoms with E-state index in [-0.39, 0.29) is 6.04 Å². The van der Waals surface area contributed by atoms with Gasteiger partial charge >= 0.3 is 0 Å². The number of hydrogen-bond acceptors (Lipinski definition) is 2. The lowest BCUT2D eigenvalue weighted by Gasteiger charge is -2.20. The van der Waals surface area contributed by atoms with Gasteiger partial charge in [-0.15, -0.1) is 0 Å². The quantitative estimate of drug-likeness (QED) is 0.928. The molecular weight excluding hydrogens is 288 g/mol. The lowest BCUT2D eigenvalue weighted by atomic mass is 9.96. The summed E-state index contributed by atoms with van der Waals surface area (Å²) in [4.78, 5) is 4.26. The molecule has 1 atom stereocenters. The van der Waals surface area contributed by atoms with Gasteiger partial charge in [0.15, 0.2) is 0 Å². The van der Waals surface area contributed by atoms with E-state index >= 15 is 0 Å². The van der Waals surface area contributed by atoms with E-state index in [1.807, 2.05) is 12.4 Å². The monoisotopic (exact) mass is 304 g/mol. The molecular formula is C15H17BrN2. The Morgan fingerprint density at radius 3 is 2.72 bits per heavy atom. The molecule has 0 bridgehead atoms. The predicted octanol–water partition coefficient (Wildman–Crippen LogP) is 3.85. The Morgan fingerprint density at radius 1 is 1.28 bits per heavy atom. The van der Waals surface area contributed by atoms with Gasteiger partial charge in [0.25, 0.3) is 0 Å². The molecule has 0 fully saturated rings. The summed E-state index contributed by atoms with van der Waals surface area (Å²) in [7, 11) is 0. The maximum absolute atomic E-state index is 4.26. The van der Waals surface area contributed by atoms with Crippen LogP contribution in [0.25, 0.3) is 0 Å². The number of pyridine rings is 1. The molecule has 0 aliphatic carbocycles. The summed E-state index contributed by atoms with van der Waals surface area (Å²) in [5, 5.41) is 3.52. The van der Waals surface area contributed by atoms with Crippen molar-refractivity contribution >= 4 is 15.9 Å². The summed E-state index contributed by atoms with van der Waals surface area (Å²) in [6.45, 7) is 5.19. The van der Waals surface area contributed by atoms with Gasteiger partial charge in [-0.1, -0.05) is 31.2 Å². The van der Waals surface area contributed by atoms with Crippen LogP contribution in [0.15, 0.2) is 47.2 Å². The molecule has 0 radical (unpaired) electrons. The Labute approximate surface area is 117 Å². The van der Waals surface area contributed by atoms with Crippen molar-refractivity contribution in [3.63, 3.8) is 0 Å². The topological polar surface area (TPSA) is 24.9 Å². The van der Waals surface area contributed by atoms with E-state index in [9.17, 15) is 0 Å². The molecule has 0 amide bonds. The van der Waals surface area contributed by atoms with Crippen LogP contribution < -0.4 is 5.32 Å². The summed E-state index contributed by atoms with van der Waals surface area (Å²) in [6, 6.07) is 10.8. The van der Waals surface area contributed by atoms with E-state index in [4.69, 9.17) is 0 Å². The first-order chi connectivity index (χ1) is 8.72. The Balaban J connectivity index is 2.43. The van der Waals surface area contributed by atoms with Gasteiger partial charge < -0.3 is 5.32 Å². The molecule has 94 valence electrons. The number of halogens is 1. The first-order valence-corrected chi connectivity index (χ1v) is 6.91. The van der Waals surface area contributed by atoms with E-state index < -0.39 is 0 Å². The number of nitrogens with one attached hydrogen (secondary N) is 1. The Kier molecular flexibility index (Phi) is 4.50. The first-order valence-electron chi connectivity index (χ1n) is 6.11. The van der Waals surface area contributed by atoms with Crippen molar-refractivity contribution < 1.29 is 0 Å². The normalized spacial score (nSPS) is 12.4. The van der Waals surface area contributed by atoms with Gasteiger partial charge in [0.05, 0.1) is 6.04 Å². The molecule has 0 aliphatic rings. The molecule has 0 saturated carbocycles. The standard InChI is InChI=1S/C15H17BrN2/c1-3-18-15(12-8-13(16)10-17-9-12)14-7-5-4-6-11(14)2/h4-10,15,18H,3H2,1-2H3. The molecule has 2 aromatic rings. The highest BCUT2D eigenvalue weighted by Gasteiger charge is 2.15. The minimum atomic E-state index is 0.196. The molecule has 0 aliphatic heterocycles. The minimum Gasteiger partial charge on any atom is -0.306 e. The van der Waals surface area contributed by atoms with Crippen molar-refractivity contribution in [1.82, 2.24) is 10.3 Å². The number of hydrogen-bond donors (Lipinski definition) is 1. The Hall–Kier alpha value is -1.19. The number of nitrogens with zero attached hydrogens (tertiary/aromatic N) is 1. The van der Waals surface area contributed by atoms with Gasteiger partial charge in [0.2, 0.25) is 0 Å². The van der Waals surface area contributed by atoms with Crippen LogP contribution in [-0.2, 0) is 0 Å². The van der Waals surface area contributed by atoms with E-state index in [1.54, 1.807) is 0 Å². The van der Waals surface area contributed by atoms with Crippen LogP contribution in [0.3, 0.4) is 0 Å². The SMILES string of the molecule is CCNC(c1cncc(Br)c1)c1ccccc1C. The number of benzene rings is 1.